The summed E-state index contributed by atoms with van der Waals surface area (Å²) in [4.78, 5) is 31.7. The largest absolute Gasteiger partial charge is 0.488 e. The molecule has 2 heterocycles. The number of ether oxygens (including phenoxy) is 1. The Kier molecular flexibility index (Phi) is 6.67. The Morgan fingerprint density at radius 1 is 1.12 bits per heavy atom. The molecular formula is C26H31FN2O3S. The van der Waals surface area contributed by atoms with Gasteiger partial charge in [0.1, 0.15) is 6.61 Å². The van der Waals surface area contributed by atoms with Gasteiger partial charge in [0.15, 0.2) is 11.6 Å². The first-order valence-corrected chi connectivity index (χ1v) is 13.0. The van der Waals surface area contributed by atoms with Crippen LogP contribution in [0, 0.1) is 17.7 Å². The van der Waals surface area contributed by atoms with E-state index in [1.165, 1.54) is 10.9 Å². The van der Waals surface area contributed by atoms with Crippen LogP contribution < -0.4 is 4.74 Å². The summed E-state index contributed by atoms with van der Waals surface area (Å²) in [6.07, 6.45) is 7.17. The molecule has 176 valence electrons. The molecule has 2 aromatic rings. The van der Waals surface area contributed by atoms with Crippen molar-refractivity contribution in [2.75, 3.05) is 26.2 Å². The van der Waals surface area contributed by atoms with Crippen LogP contribution >= 0.6 is 11.3 Å². The molecule has 1 atom stereocenters. The van der Waals surface area contributed by atoms with Gasteiger partial charge in [-0.25, -0.2) is 4.39 Å². The molecule has 0 N–H and O–H groups in total. The number of carbonyl (C=O) groups is 2. The van der Waals surface area contributed by atoms with Crippen LogP contribution in [-0.2, 0) is 16.0 Å². The zero-order chi connectivity index (χ0) is 22.8. The van der Waals surface area contributed by atoms with E-state index in [0.29, 0.717) is 19.0 Å². The number of benzene rings is 1. The molecule has 2 saturated carbocycles. The van der Waals surface area contributed by atoms with Crippen molar-refractivity contribution >= 4 is 23.2 Å². The van der Waals surface area contributed by atoms with Crippen LogP contribution in [0.1, 0.15) is 55.0 Å². The van der Waals surface area contributed by atoms with E-state index in [1.54, 1.807) is 29.5 Å². The van der Waals surface area contributed by atoms with Crippen LogP contribution in [0.15, 0.2) is 35.7 Å². The molecule has 5 nitrogen and oxygen atoms in total. The van der Waals surface area contributed by atoms with Crippen LogP contribution in [-0.4, -0.2) is 47.9 Å². The molecule has 2 aliphatic carbocycles. The third-order valence-electron chi connectivity index (χ3n) is 7.17. The van der Waals surface area contributed by atoms with Crippen LogP contribution in [0.5, 0.6) is 5.75 Å². The summed E-state index contributed by atoms with van der Waals surface area (Å²) in [5, 5.41) is 2.04. The van der Waals surface area contributed by atoms with Crippen molar-refractivity contribution in [1.29, 1.82) is 0 Å². The minimum atomic E-state index is -0.408. The lowest BCUT2D eigenvalue weighted by atomic mass is 10.00. The average molecular weight is 471 g/mol. The lowest BCUT2D eigenvalue weighted by molar-refractivity contribution is -0.145. The third-order valence-corrected chi connectivity index (χ3v) is 8.16. The standard InChI is InChI=1S/C26H31FN2O3S/c27-21-7-3-4-8-23(21)32-17-22-20-12-14-33-24(20)11-13-29(22)25(30)16-28(15-18-9-10-18)26(31)19-5-1-2-6-19/h3-4,7-8,12,14,18-19,22H,1-2,5-6,9-11,13,15-17H2/t22-/m1/s1. The summed E-state index contributed by atoms with van der Waals surface area (Å²) in [6, 6.07) is 8.11. The Morgan fingerprint density at radius 3 is 2.67 bits per heavy atom. The van der Waals surface area contributed by atoms with E-state index in [-0.39, 0.29) is 42.7 Å². The lowest BCUT2D eigenvalue weighted by Crippen LogP contribution is -2.49. The highest BCUT2D eigenvalue weighted by Crippen LogP contribution is 2.35. The maximum Gasteiger partial charge on any atom is 0.242 e. The van der Waals surface area contributed by atoms with Gasteiger partial charge in [0.05, 0.1) is 12.6 Å². The number of hydrogen-bond donors (Lipinski definition) is 0. The summed E-state index contributed by atoms with van der Waals surface area (Å²) >= 11 is 1.69. The van der Waals surface area contributed by atoms with Gasteiger partial charge in [-0.1, -0.05) is 25.0 Å². The van der Waals surface area contributed by atoms with Gasteiger partial charge in [0.25, 0.3) is 0 Å². The van der Waals surface area contributed by atoms with E-state index in [9.17, 15) is 14.0 Å². The molecule has 0 bridgehead atoms. The first-order valence-electron chi connectivity index (χ1n) is 12.1. The fourth-order valence-corrected chi connectivity index (χ4v) is 6.06. The first-order chi connectivity index (χ1) is 16.1. The van der Waals surface area contributed by atoms with Crippen LogP contribution in [0.2, 0.25) is 0 Å². The predicted octanol–water partition coefficient (Wildman–Crippen LogP) is 4.82. The molecule has 2 fully saturated rings. The van der Waals surface area contributed by atoms with Crippen molar-refractivity contribution in [2.45, 2.75) is 51.0 Å². The quantitative estimate of drug-likeness (QED) is 0.556. The lowest BCUT2D eigenvalue weighted by Gasteiger charge is -2.37. The van der Waals surface area contributed by atoms with Crippen molar-refractivity contribution in [3.05, 3.63) is 52.0 Å². The number of rotatable bonds is 8. The van der Waals surface area contributed by atoms with E-state index in [4.69, 9.17) is 4.74 Å². The summed E-state index contributed by atoms with van der Waals surface area (Å²) in [5.41, 5.74) is 1.08. The predicted molar refractivity (Wildman–Crippen MR) is 126 cm³/mol. The van der Waals surface area contributed by atoms with E-state index >= 15 is 0 Å². The molecule has 0 spiro atoms. The third kappa shape index (κ3) is 5.08. The Hall–Kier alpha value is -2.41. The molecule has 0 radical (unpaired) electrons. The Bertz CT molecular complexity index is 999. The molecule has 3 aliphatic rings. The normalized spacial score (nSPS) is 20.5. The van der Waals surface area contributed by atoms with Crippen LogP contribution in [0.4, 0.5) is 4.39 Å². The van der Waals surface area contributed by atoms with Gasteiger partial charge in [-0.15, -0.1) is 11.3 Å². The highest BCUT2D eigenvalue weighted by molar-refractivity contribution is 7.10. The van der Waals surface area contributed by atoms with Crippen molar-refractivity contribution in [3.63, 3.8) is 0 Å². The van der Waals surface area contributed by atoms with Gasteiger partial charge in [0, 0.05) is 23.9 Å². The van der Waals surface area contributed by atoms with Crippen molar-refractivity contribution in [3.8, 4) is 5.75 Å². The number of para-hydroxylation sites is 1. The summed E-state index contributed by atoms with van der Waals surface area (Å²) < 4.78 is 20.0. The number of hydrogen-bond acceptors (Lipinski definition) is 4. The molecule has 7 heteroatoms. The zero-order valence-corrected chi connectivity index (χ0v) is 19.7. The average Bonchev–Trinajstić information content (AvgIpc) is 3.26. The second-order valence-electron chi connectivity index (χ2n) is 9.54. The fraction of sp³-hybridized carbons (Fsp3) is 0.538. The Balaban J connectivity index is 1.32. The molecule has 1 aromatic heterocycles. The number of fused-ring (bicyclic) bond motifs is 1. The first kappa shape index (κ1) is 22.4. The Labute approximate surface area is 198 Å². The summed E-state index contributed by atoms with van der Waals surface area (Å²) in [7, 11) is 0. The molecule has 5 rings (SSSR count). The fourth-order valence-electron chi connectivity index (χ4n) is 5.13. The summed E-state index contributed by atoms with van der Waals surface area (Å²) in [5.74, 6) is 0.504. The Morgan fingerprint density at radius 2 is 1.91 bits per heavy atom. The molecule has 33 heavy (non-hydrogen) atoms. The maximum atomic E-state index is 14.1. The molecule has 2 amide bonds. The molecular weight excluding hydrogens is 439 g/mol. The van der Waals surface area contributed by atoms with E-state index < -0.39 is 5.82 Å². The van der Waals surface area contributed by atoms with Crippen LogP contribution in [0.25, 0.3) is 0 Å². The number of amides is 2. The highest BCUT2D eigenvalue weighted by atomic mass is 32.1. The van der Waals surface area contributed by atoms with Crippen LogP contribution in [0.3, 0.4) is 0 Å². The van der Waals surface area contributed by atoms with Gasteiger partial charge in [-0.3, -0.25) is 9.59 Å². The van der Waals surface area contributed by atoms with Crippen molar-refractivity contribution in [2.24, 2.45) is 11.8 Å². The minimum absolute atomic E-state index is 0.0408. The van der Waals surface area contributed by atoms with E-state index in [1.807, 2.05) is 21.2 Å². The SMILES string of the molecule is O=C(C1CCCC1)N(CC(=O)N1CCc2sccc2[C@H]1COc1ccccc1F)CC1CC1. The number of thiophene rings is 1. The number of nitrogens with zero attached hydrogens (tertiary/aromatic N) is 2. The molecule has 0 saturated heterocycles. The van der Waals surface area contributed by atoms with E-state index in [2.05, 4.69) is 0 Å². The molecule has 0 unspecified atom stereocenters. The molecule has 1 aliphatic heterocycles. The number of carbonyl (C=O) groups excluding carboxylic acids is 2. The zero-order valence-electron chi connectivity index (χ0n) is 18.9. The second kappa shape index (κ2) is 9.84. The minimum Gasteiger partial charge on any atom is -0.488 e. The maximum absolute atomic E-state index is 14.1. The van der Waals surface area contributed by atoms with Crippen molar-refractivity contribution < 1.29 is 18.7 Å². The van der Waals surface area contributed by atoms with Gasteiger partial charge in [-0.05, 0) is 67.2 Å². The van der Waals surface area contributed by atoms with Gasteiger partial charge in [0.2, 0.25) is 11.8 Å². The smallest absolute Gasteiger partial charge is 0.242 e. The van der Waals surface area contributed by atoms with Gasteiger partial charge >= 0.3 is 0 Å². The molecule has 1 aromatic carbocycles. The monoisotopic (exact) mass is 470 g/mol. The van der Waals surface area contributed by atoms with E-state index in [0.717, 1.165) is 50.5 Å². The van der Waals surface area contributed by atoms with Crippen molar-refractivity contribution in [1.82, 2.24) is 9.80 Å². The number of halogens is 1. The van der Waals surface area contributed by atoms with Gasteiger partial charge in [-0.2, -0.15) is 0 Å². The topological polar surface area (TPSA) is 49.9 Å². The van der Waals surface area contributed by atoms with Gasteiger partial charge < -0.3 is 14.5 Å². The second-order valence-corrected chi connectivity index (χ2v) is 10.5. The highest BCUT2D eigenvalue weighted by Gasteiger charge is 2.37. The summed E-state index contributed by atoms with van der Waals surface area (Å²) in [6.45, 7) is 1.60.